The van der Waals surface area contributed by atoms with Gasteiger partial charge in [-0.05, 0) is 55.8 Å². The van der Waals surface area contributed by atoms with Crippen LogP contribution in [-0.2, 0) is 16.4 Å². The molecule has 188 valence electrons. The molecule has 37 heavy (non-hydrogen) atoms. The van der Waals surface area contributed by atoms with Crippen LogP contribution in [0.15, 0.2) is 78.2 Å². The Bertz CT molecular complexity index is 1650. The number of hydrogen-bond acceptors (Lipinski definition) is 9. The highest BCUT2D eigenvalue weighted by Gasteiger charge is 2.15. The molecule has 0 bridgehead atoms. The van der Waals surface area contributed by atoms with Crippen molar-refractivity contribution >= 4 is 26.8 Å². The summed E-state index contributed by atoms with van der Waals surface area (Å²) in [5.41, 5.74) is 4.34. The predicted octanol–water partition coefficient (Wildman–Crippen LogP) is 4.08. The number of benzene rings is 2. The van der Waals surface area contributed by atoms with Gasteiger partial charge in [-0.1, -0.05) is 24.3 Å². The standard InChI is InChI=1S/C26H25N7O3S/c1-17(2)36-25-24-23(12-11-22(30-24)19-5-4-6-21(13-19)37(3,34)35)31-26(32-25)28-14-18-7-9-20(10-8-18)33-16-27-15-29-33/h4-13,15-17H,14H2,1-3H3,(H,28,31,32). The van der Waals surface area contributed by atoms with Crippen molar-refractivity contribution in [3.8, 4) is 22.8 Å². The van der Waals surface area contributed by atoms with Gasteiger partial charge in [0.15, 0.2) is 15.4 Å². The molecule has 0 saturated carbocycles. The Labute approximate surface area is 214 Å². The van der Waals surface area contributed by atoms with Crippen molar-refractivity contribution in [2.75, 3.05) is 11.6 Å². The lowest BCUT2D eigenvalue weighted by Crippen LogP contribution is -2.11. The fourth-order valence-electron chi connectivity index (χ4n) is 3.71. The van der Waals surface area contributed by atoms with Gasteiger partial charge in [-0.2, -0.15) is 10.1 Å². The monoisotopic (exact) mass is 515 g/mol. The second-order valence-corrected chi connectivity index (χ2v) is 10.8. The first-order valence-corrected chi connectivity index (χ1v) is 13.5. The third-order valence-corrected chi connectivity index (χ3v) is 6.60. The molecule has 5 aromatic rings. The molecular formula is C26H25N7O3S. The largest absolute Gasteiger partial charge is 0.473 e. The summed E-state index contributed by atoms with van der Waals surface area (Å²) in [6.07, 6.45) is 4.19. The molecular weight excluding hydrogens is 490 g/mol. The van der Waals surface area contributed by atoms with E-state index in [0.717, 1.165) is 11.3 Å². The Morgan fingerprint density at radius 3 is 2.51 bits per heavy atom. The zero-order valence-corrected chi connectivity index (χ0v) is 21.3. The van der Waals surface area contributed by atoms with Crippen LogP contribution in [0.1, 0.15) is 19.4 Å². The Balaban J connectivity index is 1.43. The molecule has 10 nitrogen and oxygen atoms in total. The zero-order valence-electron chi connectivity index (χ0n) is 20.5. The van der Waals surface area contributed by atoms with Crippen LogP contribution in [0.4, 0.5) is 5.95 Å². The third-order valence-electron chi connectivity index (χ3n) is 5.49. The summed E-state index contributed by atoms with van der Waals surface area (Å²) in [5.74, 6) is 0.766. The molecule has 0 amide bonds. The van der Waals surface area contributed by atoms with Gasteiger partial charge in [0.05, 0.1) is 27.9 Å². The molecule has 11 heteroatoms. The van der Waals surface area contributed by atoms with Crippen molar-refractivity contribution in [3.63, 3.8) is 0 Å². The van der Waals surface area contributed by atoms with E-state index in [4.69, 9.17) is 9.72 Å². The quantitative estimate of drug-likeness (QED) is 0.325. The number of fused-ring (bicyclic) bond motifs is 1. The van der Waals surface area contributed by atoms with Gasteiger partial charge in [0.1, 0.15) is 12.7 Å². The molecule has 0 aliphatic rings. The molecule has 0 radical (unpaired) electrons. The van der Waals surface area contributed by atoms with E-state index in [1.165, 1.54) is 12.6 Å². The van der Waals surface area contributed by atoms with E-state index in [-0.39, 0.29) is 11.0 Å². The molecule has 1 N–H and O–H groups in total. The minimum atomic E-state index is -3.34. The van der Waals surface area contributed by atoms with Gasteiger partial charge in [0.25, 0.3) is 0 Å². The number of pyridine rings is 1. The minimum Gasteiger partial charge on any atom is -0.473 e. The van der Waals surface area contributed by atoms with Gasteiger partial charge in [0, 0.05) is 18.4 Å². The van der Waals surface area contributed by atoms with E-state index in [9.17, 15) is 8.42 Å². The van der Waals surface area contributed by atoms with Crippen molar-refractivity contribution in [2.45, 2.75) is 31.4 Å². The van der Waals surface area contributed by atoms with Gasteiger partial charge < -0.3 is 10.1 Å². The van der Waals surface area contributed by atoms with Gasteiger partial charge >= 0.3 is 0 Å². The average molecular weight is 516 g/mol. The summed E-state index contributed by atoms with van der Waals surface area (Å²) in [6, 6.07) is 18.2. The molecule has 3 heterocycles. The first-order chi connectivity index (χ1) is 17.8. The average Bonchev–Trinajstić information content (AvgIpc) is 3.42. The first kappa shape index (κ1) is 24.3. The summed E-state index contributed by atoms with van der Waals surface area (Å²) in [4.78, 5) is 18.1. The van der Waals surface area contributed by atoms with Gasteiger partial charge in [0.2, 0.25) is 11.8 Å². The Morgan fingerprint density at radius 1 is 1.00 bits per heavy atom. The maximum atomic E-state index is 12.0. The van der Waals surface area contributed by atoms with Crippen LogP contribution in [0.25, 0.3) is 28.0 Å². The van der Waals surface area contributed by atoms with Crippen molar-refractivity contribution < 1.29 is 13.2 Å². The van der Waals surface area contributed by atoms with Crippen LogP contribution in [0.3, 0.4) is 0 Å². The Morgan fingerprint density at radius 2 is 1.81 bits per heavy atom. The highest BCUT2D eigenvalue weighted by Crippen LogP contribution is 2.28. The second kappa shape index (κ2) is 9.94. The molecule has 0 atom stereocenters. The van der Waals surface area contributed by atoms with Crippen LogP contribution in [0.5, 0.6) is 5.88 Å². The molecule has 0 aliphatic carbocycles. The number of nitrogens with one attached hydrogen (secondary N) is 1. The maximum Gasteiger partial charge on any atom is 0.245 e. The molecule has 2 aromatic carbocycles. The van der Waals surface area contributed by atoms with Crippen LogP contribution >= 0.6 is 0 Å². The van der Waals surface area contributed by atoms with Crippen molar-refractivity contribution in [2.24, 2.45) is 0 Å². The maximum absolute atomic E-state index is 12.0. The van der Waals surface area contributed by atoms with Gasteiger partial charge in [-0.15, -0.1) is 0 Å². The topological polar surface area (TPSA) is 125 Å². The Hall–Kier alpha value is -4.38. The fourth-order valence-corrected chi connectivity index (χ4v) is 4.37. The summed E-state index contributed by atoms with van der Waals surface area (Å²) in [7, 11) is -3.34. The number of ether oxygens (including phenoxy) is 1. The summed E-state index contributed by atoms with van der Waals surface area (Å²) in [6.45, 7) is 4.34. The number of rotatable bonds is 8. The zero-order chi connectivity index (χ0) is 26.0. The summed E-state index contributed by atoms with van der Waals surface area (Å²) < 4.78 is 31.7. The normalized spacial score (nSPS) is 11.7. The van der Waals surface area contributed by atoms with Crippen molar-refractivity contribution in [3.05, 3.63) is 78.9 Å². The van der Waals surface area contributed by atoms with E-state index >= 15 is 0 Å². The second-order valence-electron chi connectivity index (χ2n) is 8.74. The smallest absolute Gasteiger partial charge is 0.245 e. The van der Waals surface area contributed by atoms with Gasteiger partial charge in [-0.3, -0.25) is 0 Å². The molecule has 0 fully saturated rings. The number of anilines is 1. The van der Waals surface area contributed by atoms with E-state index in [0.29, 0.717) is 40.7 Å². The van der Waals surface area contributed by atoms with Crippen LogP contribution in [0.2, 0.25) is 0 Å². The third kappa shape index (κ3) is 5.56. The lowest BCUT2D eigenvalue weighted by molar-refractivity contribution is 0.235. The van der Waals surface area contributed by atoms with Crippen LogP contribution < -0.4 is 10.1 Å². The molecule has 0 spiro atoms. The van der Waals surface area contributed by atoms with Crippen molar-refractivity contribution in [1.29, 1.82) is 0 Å². The highest BCUT2D eigenvalue weighted by atomic mass is 32.2. The van der Waals surface area contributed by atoms with E-state index < -0.39 is 9.84 Å². The molecule has 0 aliphatic heterocycles. The first-order valence-electron chi connectivity index (χ1n) is 11.6. The Kier molecular flexibility index (Phi) is 6.53. The molecule has 5 rings (SSSR count). The molecule has 0 unspecified atom stereocenters. The van der Waals surface area contributed by atoms with Gasteiger partial charge in [-0.25, -0.2) is 28.1 Å². The molecule has 0 saturated heterocycles. The van der Waals surface area contributed by atoms with E-state index in [1.54, 1.807) is 29.2 Å². The summed E-state index contributed by atoms with van der Waals surface area (Å²) in [5, 5.41) is 7.40. The lowest BCUT2D eigenvalue weighted by Gasteiger charge is -2.14. The minimum absolute atomic E-state index is 0.130. The van der Waals surface area contributed by atoms with E-state index in [1.807, 2.05) is 56.3 Å². The lowest BCUT2D eigenvalue weighted by atomic mass is 10.1. The highest BCUT2D eigenvalue weighted by molar-refractivity contribution is 7.90. The number of aromatic nitrogens is 6. The molecule has 3 aromatic heterocycles. The number of hydrogen-bond donors (Lipinski definition) is 1. The van der Waals surface area contributed by atoms with E-state index in [2.05, 4.69) is 25.4 Å². The van der Waals surface area contributed by atoms with Crippen LogP contribution in [0, 0.1) is 0 Å². The van der Waals surface area contributed by atoms with Crippen LogP contribution in [-0.4, -0.2) is 50.5 Å². The summed E-state index contributed by atoms with van der Waals surface area (Å²) >= 11 is 0. The number of nitrogens with zero attached hydrogens (tertiary/aromatic N) is 6. The van der Waals surface area contributed by atoms with Crippen molar-refractivity contribution in [1.82, 2.24) is 29.7 Å². The SMILES string of the molecule is CC(C)Oc1nc(NCc2ccc(-n3cncn3)cc2)nc2ccc(-c3cccc(S(C)(=O)=O)c3)nc12. The fraction of sp³-hybridized carbons (Fsp3) is 0.192. The number of sulfone groups is 1. The predicted molar refractivity (Wildman–Crippen MR) is 140 cm³/mol.